The van der Waals surface area contributed by atoms with Crippen molar-refractivity contribution >= 4 is 6.03 Å². The molecule has 0 aliphatic carbocycles. The van der Waals surface area contributed by atoms with E-state index in [1.54, 1.807) is 0 Å². The van der Waals surface area contributed by atoms with Gasteiger partial charge < -0.3 is 14.8 Å². The maximum atomic E-state index is 12.9. The first-order valence-electron chi connectivity index (χ1n) is 9.17. The monoisotopic (exact) mass is 339 g/mol. The van der Waals surface area contributed by atoms with E-state index in [0.29, 0.717) is 6.54 Å². The zero-order valence-corrected chi connectivity index (χ0v) is 14.9. The number of aryl methyl sites for hydroxylation is 1. The lowest BCUT2D eigenvalue weighted by atomic mass is 10.00. The fourth-order valence-electron chi connectivity index (χ4n) is 3.83. The van der Waals surface area contributed by atoms with E-state index in [2.05, 4.69) is 52.1 Å². The van der Waals surface area contributed by atoms with Crippen LogP contribution in [0.5, 0.6) is 0 Å². The number of nitrogens with one attached hydrogen (secondary N) is 1. The summed E-state index contributed by atoms with van der Waals surface area (Å²) < 4.78 is 2.18. The van der Waals surface area contributed by atoms with Crippen LogP contribution in [-0.4, -0.2) is 32.2 Å². The summed E-state index contributed by atoms with van der Waals surface area (Å²) >= 11 is 0. The highest BCUT2D eigenvalue weighted by Crippen LogP contribution is 2.25. The highest BCUT2D eigenvalue weighted by molar-refractivity contribution is 5.75. The minimum Gasteiger partial charge on any atom is -0.328 e. The molecule has 0 spiro atoms. The maximum Gasteiger partial charge on any atom is 0.318 e. The van der Waals surface area contributed by atoms with Crippen molar-refractivity contribution in [1.82, 2.24) is 25.0 Å². The lowest BCUT2D eigenvalue weighted by Gasteiger charge is -2.31. The first-order chi connectivity index (χ1) is 12.1. The molecule has 0 fully saturated rings. The van der Waals surface area contributed by atoms with Crippen molar-refractivity contribution in [1.29, 1.82) is 0 Å². The van der Waals surface area contributed by atoms with Crippen molar-refractivity contribution in [3.63, 3.8) is 0 Å². The number of carbonyl (C=O) groups excluding carboxylic acids is 1. The molecular formula is C19H25N5O. The minimum atomic E-state index is -0.107. The van der Waals surface area contributed by atoms with Gasteiger partial charge in [0.25, 0.3) is 0 Å². The average Bonchev–Trinajstić information content (AvgIpc) is 3.22. The Morgan fingerprint density at radius 3 is 2.72 bits per heavy atom. The third-order valence-electron chi connectivity index (χ3n) is 5.28. The van der Waals surface area contributed by atoms with E-state index < -0.39 is 0 Å². The van der Waals surface area contributed by atoms with Crippen LogP contribution in [0.1, 0.15) is 49.1 Å². The van der Waals surface area contributed by atoms with Crippen LogP contribution >= 0.6 is 0 Å². The van der Waals surface area contributed by atoms with E-state index >= 15 is 0 Å². The molecule has 1 aromatic carbocycles. The number of hydrogen-bond acceptors (Lipinski definition) is 3. The number of carbonyl (C=O) groups is 1. The summed E-state index contributed by atoms with van der Waals surface area (Å²) in [4.78, 5) is 14.8. The topological polar surface area (TPSA) is 63.1 Å². The van der Waals surface area contributed by atoms with E-state index in [0.717, 1.165) is 44.0 Å². The lowest BCUT2D eigenvalue weighted by molar-refractivity contribution is 0.183. The Balaban J connectivity index is 1.50. The Labute approximate surface area is 148 Å². The van der Waals surface area contributed by atoms with Gasteiger partial charge in [0.15, 0.2) is 5.82 Å². The molecule has 4 rings (SSSR count). The van der Waals surface area contributed by atoms with Crippen molar-refractivity contribution in [3.05, 3.63) is 47.0 Å². The molecular weight excluding hydrogens is 314 g/mol. The molecule has 2 aromatic rings. The molecule has 2 amide bonds. The molecule has 1 N–H and O–H groups in total. The first kappa shape index (κ1) is 16.1. The molecule has 0 saturated heterocycles. The van der Waals surface area contributed by atoms with Crippen LogP contribution in [0.25, 0.3) is 0 Å². The third-order valence-corrected chi connectivity index (χ3v) is 5.28. The molecule has 6 nitrogen and oxygen atoms in total. The third kappa shape index (κ3) is 3.01. The molecule has 0 bridgehead atoms. The van der Waals surface area contributed by atoms with E-state index in [4.69, 9.17) is 0 Å². The van der Waals surface area contributed by atoms with Gasteiger partial charge in [-0.1, -0.05) is 38.1 Å². The largest absolute Gasteiger partial charge is 0.328 e. The molecule has 25 heavy (non-hydrogen) atoms. The number of benzene rings is 1. The highest BCUT2D eigenvalue weighted by atomic mass is 16.2. The molecule has 132 valence electrons. The van der Waals surface area contributed by atoms with Gasteiger partial charge >= 0.3 is 6.03 Å². The molecule has 2 aliphatic rings. The van der Waals surface area contributed by atoms with Gasteiger partial charge in [0.1, 0.15) is 5.82 Å². The number of rotatable bonds is 3. The molecule has 0 saturated carbocycles. The average molecular weight is 339 g/mol. The Bertz CT molecular complexity index is 782. The second-order valence-corrected chi connectivity index (χ2v) is 7.34. The fourth-order valence-corrected chi connectivity index (χ4v) is 3.83. The van der Waals surface area contributed by atoms with Crippen molar-refractivity contribution in [3.8, 4) is 0 Å². The minimum absolute atomic E-state index is 0.0106. The Morgan fingerprint density at radius 1 is 1.12 bits per heavy atom. The van der Waals surface area contributed by atoms with Crippen molar-refractivity contribution in [2.24, 2.45) is 5.92 Å². The van der Waals surface area contributed by atoms with Crippen LogP contribution in [0.15, 0.2) is 24.3 Å². The number of hydrogen-bond donors (Lipinski definition) is 1. The number of nitrogens with zero attached hydrogens (tertiary/aromatic N) is 4. The van der Waals surface area contributed by atoms with Gasteiger partial charge in [-0.15, -0.1) is 10.2 Å². The fraction of sp³-hybridized carbons (Fsp3) is 0.526. The molecule has 2 aliphatic heterocycles. The predicted molar refractivity (Wildman–Crippen MR) is 95.0 cm³/mol. The molecule has 0 unspecified atom stereocenters. The second kappa shape index (κ2) is 6.50. The van der Waals surface area contributed by atoms with Crippen LogP contribution in [0.4, 0.5) is 4.79 Å². The van der Waals surface area contributed by atoms with Gasteiger partial charge in [0.2, 0.25) is 0 Å². The Kier molecular flexibility index (Phi) is 4.19. The Hall–Kier alpha value is -2.37. The highest BCUT2D eigenvalue weighted by Gasteiger charge is 2.29. The Morgan fingerprint density at radius 2 is 1.92 bits per heavy atom. The van der Waals surface area contributed by atoms with E-state index in [9.17, 15) is 4.79 Å². The van der Waals surface area contributed by atoms with Gasteiger partial charge in [0.05, 0.1) is 6.04 Å². The van der Waals surface area contributed by atoms with Crippen LogP contribution < -0.4 is 5.32 Å². The molecule has 6 heteroatoms. The quantitative estimate of drug-likeness (QED) is 0.935. The summed E-state index contributed by atoms with van der Waals surface area (Å²) in [7, 11) is 0. The van der Waals surface area contributed by atoms with Gasteiger partial charge in [-0.3, -0.25) is 0 Å². The standard InChI is InChI=1S/C19H25N5O/c1-13(2)17(18-22-21-16-8-5-10-24(16)18)20-19(25)23-11-9-14-6-3-4-7-15(14)12-23/h3-4,6-7,13,17H,5,8-12H2,1-2H3,(H,20,25)/t17-/m1/s1. The number of urea groups is 1. The van der Waals surface area contributed by atoms with Crippen molar-refractivity contribution < 1.29 is 4.79 Å². The van der Waals surface area contributed by atoms with Crippen LogP contribution in [0.3, 0.4) is 0 Å². The van der Waals surface area contributed by atoms with Gasteiger partial charge in [-0.05, 0) is 29.9 Å². The summed E-state index contributed by atoms with van der Waals surface area (Å²) in [6, 6.07) is 8.25. The zero-order valence-electron chi connectivity index (χ0n) is 14.9. The number of amides is 2. The van der Waals surface area contributed by atoms with E-state index in [1.807, 2.05) is 11.0 Å². The van der Waals surface area contributed by atoms with Crippen molar-refractivity contribution in [2.45, 2.75) is 52.2 Å². The lowest BCUT2D eigenvalue weighted by Crippen LogP contribution is -2.45. The smallest absolute Gasteiger partial charge is 0.318 e. The summed E-state index contributed by atoms with van der Waals surface area (Å²) in [6.45, 7) is 6.62. The number of fused-ring (bicyclic) bond motifs is 2. The molecule has 0 radical (unpaired) electrons. The van der Waals surface area contributed by atoms with E-state index in [1.165, 1.54) is 11.1 Å². The van der Waals surface area contributed by atoms with Crippen LogP contribution in [0, 0.1) is 5.92 Å². The molecule has 1 atom stereocenters. The maximum absolute atomic E-state index is 12.9. The normalized spacial score (nSPS) is 17.3. The number of aromatic nitrogens is 3. The molecule has 1 aromatic heterocycles. The van der Waals surface area contributed by atoms with Crippen molar-refractivity contribution in [2.75, 3.05) is 6.54 Å². The van der Waals surface area contributed by atoms with Crippen LogP contribution in [0.2, 0.25) is 0 Å². The van der Waals surface area contributed by atoms with E-state index in [-0.39, 0.29) is 18.0 Å². The summed E-state index contributed by atoms with van der Waals surface area (Å²) in [5.74, 6) is 2.20. The van der Waals surface area contributed by atoms with Crippen LogP contribution in [-0.2, 0) is 25.9 Å². The zero-order chi connectivity index (χ0) is 17.4. The van der Waals surface area contributed by atoms with Gasteiger partial charge in [0, 0.05) is 26.1 Å². The predicted octanol–water partition coefficient (Wildman–Crippen LogP) is 2.69. The molecule has 3 heterocycles. The second-order valence-electron chi connectivity index (χ2n) is 7.34. The first-order valence-corrected chi connectivity index (χ1v) is 9.17. The summed E-state index contributed by atoms with van der Waals surface area (Å²) in [5, 5.41) is 11.9. The van der Waals surface area contributed by atoms with Gasteiger partial charge in [-0.2, -0.15) is 0 Å². The SMILES string of the molecule is CC(C)[C@@H](NC(=O)N1CCc2ccccc2C1)c1nnc2n1CCC2. The van der Waals surface area contributed by atoms with Gasteiger partial charge in [-0.25, -0.2) is 4.79 Å². The summed E-state index contributed by atoms with van der Waals surface area (Å²) in [5.41, 5.74) is 2.59. The summed E-state index contributed by atoms with van der Waals surface area (Å²) in [6.07, 6.45) is 3.00.